The topological polar surface area (TPSA) is 89.6 Å². The van der Waals surface area contributed by atoms with E-state index in [0.29, 0.717) is 39.6 Å². The Hall–Kier alpha value is -3.14. The molecule has 194 valence electrons. The van der Waals surface area contributed by atoms with Crippen molar-refractivity contribution < 1.29 is 18.8 Å². The number of nitrogens with one attached hydrogen (secondary N) is 1. The molecule has 4 heterocycles. The van der Waals surface area contributed by atoms with E-state index in [1.54, 1.807) is 12.1 Å². The second-order valence-corrected chi connectivity index (χ2v) is 11.3. The molecular formula is C27H29ClN4O4S. The Morgan fingerprint density at radius 3 is 2.65 bits per heavy atom. The molecule has 1 aliphatic heterocycles. The Labute approximate surface area is 224 Å². The largest absolute Gasteiger partial charge is 0.465 e. The van der Waals surface area contributed by atoms with E-state index in [9.17, 15) is 9.59 Å². The summed E-state index contributed by atoms with van der Waals surface area (Å²) in [6.45, 7) is 6.65. The average molecular weight is 541 g/mol. The van der Waals surface area contributed by atoms with Gasteiger partial charge in [0.25, 0.3) is 5.91 Å². The third kappa shape index (κ3) is 5.44. The van der Waals surface area contributed by atoms with Crippen LogP contribution in [0.15, 0.2) is 47.0 Å². The molecule has 0 bridgehead atoms. The fourth-order valence-corrected chi connectivity index (χ4v) is 5.80. The highest BCUT2D eigenvalue weighted by molar-refractivity contribution is 7.19. The molecule has 0 unspecified atom stereocenters. The number of piperidine rings is 1. The number of nitrogens with zero attached hydrogens (tertiary/aromatic N) is 3. The SMILES string of the molecule is COC(=O)c1ccc2c(c1)cc(C(=O)NC1CCN(C(C)C)CC1)n2Cc1cc(-c2ccc(Cl)s2)on1. The first-order valence-electron chi connectivity index (χ1n) is 12.3. The number of methoxy groups -OCH3 is 1. The first-order valence-corrected chi connectivity index (χ1v) is 13.5. The Balaban J connectivity index is 1.44. The smallest absolute Gasteiger partial charge is 0.337 e. The minimum atomic E-state index is -0.423. The zero-order chi connectivity index (χ0) is 26.1. The number of halogens is 1. The summed E-state index contributed by atoms with van der Waals surface area (Å²) in [5.74, 6) is 0.0557. The number of esters is 1. The van der Waals surface area contributed by atoms with Gasteiger partial charge in [0.05, 0.1) is 28.4 Å². The van der Waals surface area contributed by atoms with Crippen LogP contribution >= 0.6 is 22.9 Å². The van der Waals surface area contributed by atoms with E-state index in [-0.39, 0.29) is 11.9 Å². The highest BCUT2D eigenvalue weighted by Crippen LogP contribution is 2.32. The number of fused-ring (bicyclic) bond motifs is 1. The molecule has 1 N–H and O–H groups in total. The van der Waals surface area contributed by atoms with E-state index in [0.717, 1.165) is 41.7 Å². The molecule has 8 nitrogen and oxygen atoms in total. The summed E-state index contributed by atoms with van der Waals surface area (Å²) in [6.07, 6.45) is 1.82. The van der Waals surface area contributed by atoms with Gasteiger partial charge in [-0.1, -0.05) is 16.8 Å². The highest BCUT2D eigenvalue weighted by Gasteiger charge is 2.25. The number of carbonyl (C=O) groups is 2. The van der Waals surface area contributed by atoms with Crippen molar-refractivity contribution in [2.45, 2.75) is 45.3 Å². The number of aromatic nitrogens is 2. The molecule has 10 heteroatoms. The lowest BCUT2D eigenvalue weighted by atomic mass is 10.0. The van der Waals surface area contributed by atoms with Crippen LogP contribution < -0.4 is 5.32 Å². The van der Waals surface area contributed by atoms with Crippen molar-refractivity contribution in [1.82, 2.24) is 19.9 Å². The van der Waals surface area contributed by atoms with Crippen molar-refractivity contribution in [3.05, 3.63) is 63.8 Å². The molecule has 0 saturated carbocycles. The predicted octanol–water partition coefficient (Wildman–Crippen LogP) is 5.45. The first-order chi connectivity index (χ1) is 17.8. The number of thiophene rings is 1. The highest BCUT2D eigenvalue weighted by atomic mass is 35.5. The molecule has 1 saturated heterocycles. The van der Waals surface area contributed by atoms with E-state index >= 15 is 0 Å². The molecule has 4 aromatic rings. The minimum absolute atomic E-state index is 0.113. The fourth-order valence-electron chi connectivity index (χ4n) is 4.80. The van der Waals surface area contributed by atoms with Crippen molar-refractivity contribution in [2.75, 3.05) is 20.2 Å². The van der Waals surface area contributed by atoms with Gasteiger partial charge in [0.15, 0.2) is 5.76 Å². The number of ether oxygens (including phenoxy) is 1. The molecule has 0 atom stereocenters. The van der Waals surface area contributed by atoms with Crippen LogP contribution in [0.25, 0.3) is 21.5 Å². The van der Waals surface area contributed by atoms with Crippen LogP contribution in [0.1, 0.15) is 53.2 Å². The van der Waals surface area contributed by atoms with Crippen molar-refractivity contribution in [3.63, 3.8) is 0 Å². The van der Waals surface area contributed by atoms with Crippen molar-refractivity contribution >= 4 is 45.7 Å². The van der Waals surface area contributed by atoms with E-state index < -0.39 is 5.97 Å². The number of rotatable bonds is 7. The van der Waals surface area contributed by atoms with Gasteiger partial charge in [-0.15, -0.1) is 11.3 Å². The van der Waals surface area contributed by atoms with Crippen LogP contribution in [0.4, 0.5) is 0 Å². The van der Waals surface area contributed by atoms with Crippen LogP contribution in [-0.4, -0.2) is 58.8 Å². The predicted molar refractivity (Wildman–Crippen MR) is 144 cm³/mol. The van der Waals surface area contributed by atoms with Gasteiger partial charge in [-0.2, -0.15) is 0 Å². The van der Waals surface area contributed by atoms with E-state index in [4.69, 9.17) is 20.9 Å². The van der Waals surface area contributed by atoms with Crippen LogP contribution in [-0.2, 0) is 11.3 Å². The molecule has 1 amide bonds. The van der Waals surface area contributed by atoms with Gasteiger partial charge in [-0.05, 0) is 63.1 Å². The fraction of sp³-hybridized carbons (Fsp3) is 0.370. The molecule has 0 radical (unpaired) electrons. The maximum Gasteiger partial charge on any atom is 0.337 e. The number of hydrogen-bond donors (Lipinski definition) is 1. The number of carbonyl (C=O) groups excluding carboxylic acids is 2. The monoisotopic (exact) mass is 540 g/mol. The lowest BCUT2D eigenvalue weighted by Crippen LogP contribution is -2.46. The van der Waals surface area contributed by atoms with Gasteiger partial charge in [0.2, 0.25) is 0 Å². The van der Waals surface area contributed by atoms with E-state index in [1.165, 1.54) is 18.4 Å². The third-order valence-electron chi connectivity index (χ3n) is 6.85. The van der Waals surface area contributed by atoms with Gasteiger partial charge in [-0.25, -0.2) is 4.79 Å². The Morgan fingerprint density at radius 1 is 1.19 bits per heavy atom. The number of amides is 1. The normalized spacial score (nSPS) is 14.9. The Bertz CT molecular complexity index is 1430. The van der Waals surface area contributed by atoms with E-state index in [1.807, 2.05) is 34.9 Å². The third-order valence-corrected chi connectivity index (χ3v) is 8.09. The van der Waals surface area contributed by atoms with Gasteiger partial charge in [0, 0.05) is 42.1 Å². The zero-order valence-corrected chi connectivity index (χ0v) is 22.6. The zero-order valence-electron chi connectivity index (χ0n) is 21.0. The van der Waals surface area contributed by atoms with Crippen molar-refractivity contribution in [3.8, 4) is 10.6 Å². The summed E-state index contributed by atoms with van der Waals surface area (Å²) in [7, 11) is 1.35. The molecular weight excluding hydrogens is 512 g/mol. The summed E-state index contributed by atoms with van der Waals surface area (Å²) in [5.41, 5.74) is 2.43. The van der Waals surface area contributed by atoms with Gasteiger partial charge >= 0.3 is 5.97 Å². The van der Waals surface area contributed by atoms with Crippen LogP contribution in [0.5, 0.6) is 0 Å². The lowest BCUT2D eigenvalue weighted by Gasteiger charge is -2.34. The van der Waals surface area contributed by atoms with Gasteiger partial charge in [0.1, 0.15) is 11.4 Å². The summed E-state index contributed by atoms with van der Waals surface area (Å²) >= 11 is 7.49. The van der Waals surface area contributed by atoms with Crippen LogP contribution in [0.3, 0.4) is 0 Å². The Morgan fingerprint density at radius 2 is 1.97 bits per heavy atom. The van der Waals surface area contributed by atoms with Gasteiger partial charge in [-0.3, -0.25) is 4.79 Å². The van der Waals surface area contributed by atoms with Crippen molar-refractivity contribution in [1.29, 1.82) is 0 Å². The summed E-state index contributed by atoms with van der Waals surface area (Å²) < 4.78 is 13.0. The average Bonchev–Trinajstić information content (AvgIpc) is 3.62. The first kappa shape index (κ1) is 25.5. The quantitative estimate of drug-likeness (QED) is 0.314. The molecule has 3 aromatic heterocycles. The maximum absolute atomic E-state index is 13.5. The Kier molecular flexibility index (Phi) is 7.37. The van der Waals surface area contributed by atoms with Crippen molar-refractivity contribution in [2.24, 2.45) is 0 Å². The van der Waals surface area contributed by atoms with Crippen LogP contribution in [0.2, 0.25) is 4.34 Å². The van der Waals surface area contributed by atoms with Crippen LogP contribution in [0, 0.1) is 0 Å². The molecule has 1 aliphatic rings. The molecule has 0 spiro atoms. The standard InChI is InChI=1S/C27H29ClN4O4S/c1-16(2)31-10-8-19(9-11-31)29-26(33)22-13-18-12-17(27(34)35-3)4-5-21(18)32(22)15-20-14-23(36-30-20)24-6-7-25(28)37-24/h4-7,12-14,16,19H,8-11,15H2,1-3H3,(H,29,33). The molecule has 1 fully saturated rings. The second kappa shape index (κ2) is 10.7. The number of hydrogen-bond acceptors (Lipinski definition) is 7. The minimum Gasteiger partial charge on any atom is -0.465 e. The molecule has 5 rings (SSSR count). The molecule has 0 aliphatic carbocycles. The summed E-state index contributed by atoms with van der Waals surface area (Å²) in [6, 6.07) is 13.3. The number of likely N-dealkylation sites (tertiary alicyclic amines) is 1. The number of benzene rings is 1. The summed E-state index contributed by atoms with van der Waals surface area (Å²) in [4.78, 5) is 28.9. The summed E-state index contributed by atoms with van der Waals surface area (Å²) in [5, 5.41) is 8.24. The molecule has 37 heavy (non-hydrogen) atoms. The van der Waals surface area contributed by atoms with E-state index in [2.05, 4.69) is 29.2 Å². The maximum atomic E-state index is 13.5. The van der Waals surface area contributed by atoms with Gasteiger partial charge < -0.3 is 24.0 Å². The second-order valence-electron chi connectivity index (χ2n) is 9.54. The molecule has 1 aromatic carbocycles. The lowest BCUT2D eigenvalue weighted by molar-refractivity contribution is 0.0600.